The van der Waals surface area contributed by atoms with Crippen LogP contribution in [0.15, 0.2) is 66.7 Å². The number of halogens is 2. The van der Waals surface area contributed by atoms with E-state index in [1.807, 2.05) is 19.1 Å². The minimum absolute atomic E-state index is 0.00973. The van der Waals surface area contributed by atoms with Gasteiger partial charge in [0, 0.05) is 28.6 Å². The van der Waals surface area contributed by atoms with Crippen LogP contribution in [0.2, 0.25) is 10.0 Å². The molecule has 1 heterocycles. The summed E-state index contributed by atoms with van der Waals surface area (Å²) >= 11 is 12.3. The Bertz CT molecular complexity index is 1400. The Kier molecular flexibility index (Phi) is 8.41. The van der Waals surface area contributed by atoms with Crippen LogP contribution in [0.5, 0.6) is 0 Å². The predicted molar refractivity (Wildman–Crippen MR) is 148 cm³/mol. The average molecular weight is 549 g/mol. The van der Waals surface area contributed by atoms with Crippen molar-refractivity contribution in [2.75, 3.05) is 11.4 Å². The van der Waals surface area contributed by atoms with Gasteiger partial charge in [-0.3, -0.25) is 14.4 Å². The van der Waals surface area contributed by atoms with Crippen LogP contribution >= 0.6 is 23.2 Å². The smallest absolute Gasteiger partial charge is 0.303 e. The third kappa shape index (κ3) is 5.70. The van der Waals surface area contributed by atoms with Crippen LogP contribution in [-0.4, -0.2) is 34.3 Å². The number of aliphatic carboxylic acids is 1. The molecule has 1 aliphatic heterocycles. The van der Waals surface area contributed by atoms with E-state index < -0.39 is 18.1 Å². The summed E-state index contributed by atoms with van der Waals surface area (Å²) < 4.78 is 0. The highest BCUT2D eigenvalue weighted by atomic mass is 35.5. The van der Waals surface area contributed by atoms with E-state index in [0.29, 0.717) is 45.3 Å². The highest BCUT2D eigenvalue weighted by molar-refractivity contribution is 6.30. The first kappa shape index (κ1) is 27.3. The van der Waals surface area contributed by atoms with Gasteiger partial charge in [0.15, 0.2) is 0 Å². The van der Waals surface area contributed by atoms with E-state index in [1.165, 1.54) is 0 Å². The van der Waals surface area contributed by atoms with Gasteiger partial charge < -0.3 is 14.9 Å². The molecule has 1 aliphatic rings. The molecule has 0 fully saturated rings. The standard InChI is InChI=1S/C30H26Cl2N2O4/c1-3-20-7-16-26-25(18-20)29(37)34(19(2)21-8-12-23(31)13-9-21)28(22-10-14-24(32)15-11-22)30(38)33(26)17-5-4-6-27(35)36/h1,7-16,18-19,28H,4-6,17H2,2H3,(H,35,36)/t19?,28-/m0/s1. The molecule has 3 aromatic carbocycles. The third-order valence-corrected chi connectivity index (χ3v) is 7.18. The zero-order valence-electron chi connectivity index (χ0n) is 20.7. The Labute approximate surface area is 231 Å². The topological polar surface area (TPSA) is 77.9 Å². The maximum absolute atomic E-state index is 14.3. The SMILES string of the molecule is C#Cc1ccc2c(c1)C(=O)N(C(C)c1ccc(Cl)cc1)[C@@H](c1ccc(Cl)cc1)C(=O)N2CCCCC(=O)O. The molecule has 0 bridgehead atoms. The van der Waals surface area contributed by atoms with Crippen LogP contribution in [0.4, 0.5) is 5.69 Å². The lowest BCUT2D eigenvalue weighted by atomic mass is 9.98. The largest absolute Gasteiger partial charge is 0.481 e. The molecule has 6 nitrogen and oxygen atoms in total. The molecule has 2 amide bonds. The Balaban J connectivity index is 1.88. The number of anilines is 1. The van der Waals surface area contributed by atoms with Crippen molar-refractivity contribution in [3.05, 3.63) is 99.0 Å². The fraction of sp³-hybridized carbons (Fsp3) is 0.233. The molecule has 0 saturated heterocycles. The molecule has 0 spiro atoms. The van der Waals surface area contributed by atoms with Crippen molar-refractivity contribution in [1.29, 1.82) is 0 Å². The molecule has 38 heavy (non-hydrogen) atoms. The van der Waals surface area contributed by atoms with Crippen LogP contribution in [0.3, 0.4) is 0 Å². The minimum Gasteiger partial charge on any atom is -0.481 e. The van der Waals surface area contributed by atoms with E-state index in [9.17, 15) is 14.4 Å². The van der Waals surface area contributed by atoms with Gasteiger partial charge in [-0.15, -0.1) is 6.42 Å². The van der Waals surface area contributed by atoms with Crippen molar-refractivity contribution in [2.24, 2.45) is 0 Å². The average Bonchev–Trinajstić information content (AvgIpc) is 2.99. The summed E-state index contributed by atoms with van der Waals surface area (Å²) in [6.07, 6.45) is 6.48. The summed E-state index contributed by atoms with van der Waals surface area (Å²) in [4.78, 5) is 42.8. The fourth-order valence-corrected chi connectivity index (χ4v) is 4.95. The lowest BCUT2D eigenvalue weighted by Gasteiger charge is -2.36. The summed E-state index contributed by atoms with van der Waals surface area (Å²) in [6, 6.07) is 17.5. The van der Waals surface area contributed by atoms with Gasteiger partial charge in [-0.1, -0.05) is 53.4 Å². The van der Waals surface area contributed by atoms with E-state index in [1.54, 1.807) is 64.4 Å². The third-order valence-electron chi connectivity index (χ3n) is 6.67. The number of amides is 2. The van der Waals surface area contributed by atoms with Gasteiger partial charge in [-0.2, -0.15) is 0 Å². The molecule has 0 aromatic heterocycles. The molecule has 3 aromatic rings. The number of carboxylic acids is 1. The van der Waals surface area contributed by atoms with Crippen LogP contribution in [0.1, 0.15) is 65.3 Å². The van der Waals surface area contributed by atoms with Crippen LogP contribution < -0.4 is 4.90 Å². The summed E-state index contributed by atoms with van der Waals surface area (Å²) in [6.45, 7) is 2.11. The van der Waals surface area contributed by atoms with Crippen molar-refractivity contribution in [2.45, 2.75) is 38.3 Å². The molecular formula is C30H26Cl2N2O4. The monoisotopic (exact) mass is 548 g/mol. The van der Waals surface area contributed by atoms with Crippen LogP contribution in [-0.2, 0) is 9.59 Å². The summed E-state index contributed by atoms with van der Waals surface area (Å²) in [5, 5.41) is 10.1. The first-order valence-corrected chi connectivity index (χ1v) is 12.9. The van der Waals surface area contributed by atoms with Crippen molar-refractivity contribution >= 4 is 46.7 Å². The molecule has 8 heteroatoms. The van der Waals surface area contributed by atoms with E-state index in [2.05, 4.69) is 5.92 Å². The maximum atomic E-state index is 14.3. The van der Waals surface area contributed by atoms with Gasteiger partial charge in [0.1, 0.15) is 6.04 Å². The van der Waals surface area contributed by atoms with Crippen LogP contribution in [0, 0.1) is 12.3 Å². The van der Waals surface area contributed by atoms with Crippen molar-refractivity contribution in [3.63, 3.8) is 0 Å². The predicted octanol–water partition coefficient (Wildman–Crippen LogP) is 6.52. The van der Waals surface area contributed by atoms with Crippen LogP contribution in [0.25, 0.3) is 0 Å². The van der Waals surface area contributed by atoms with E-state index in [-0.39, 0.29) is 24.8 Å². The molecule has 1 N–H and O–H groups in total. The number of unbranched alkanes of at least 4 members (excludes halogenated alkanes) is 1. The zero-order chi connectivity index (χ0) is 27.4. The highest BCUT2D eigenvalue weighted by Gasteiger charge is 2.42. The Morgan fingerprint density at radius 3 is 2.24 bits per heavy atom. The van der Waals surface area contributed by atoms with Gasteiger partial charge in [-0.25, -0.2) is 0 Å². The number of carbonyl (C=O) groups excluding carboxylic acids is 2. The van der Waals surface area contributed by atoms with Gasteiger partial charge in [0.2, 0.25) is 0 Å². The second kappa shape index (κ2) is 11.7. The molecule has 0 radical (unpaired) electrons. The van der Waals surface area contributed by atoms with Crippen molar-refractivity contribution in [1.82, 2.24) is 4.90 Å². The highest BCUT2D eigenvalue weighted by Crippen LogP contribution is 2.40. The zero-order valence-corrected chi connectivity index (χ0v) is 22.2. The van der Waals surface area contributed by atoms with Crippen molar-refractivity contribution in [3.8, 4) is 12.3 Å². The van der Waals surface area contributed by atoms with E-state index in [4.69, 9.17) is 34.7 Å². The fourth-order valence-electron chi connectivity index (χ4n) is 4.70. The second-order valence-electron chi connectivity index (χ2n) is 9.11. The first-order chi connectivity index (χ1) is 18.2. The van der Waals surface area contributed by atoms with Gasteiger partial charge in [0.05, 0.1) is 17.3 Å². The molecule has 4 rings (SSSR count). The quantitative estimate of drug-likeness (QED) is 0.256. The summed E-state index contributed by atoms with van der Waals surface area (Å²) in [7, 11) is 0. The lowest BCUT2D eigenvalue weighted by Crippen LogP contribution is -2.44. The Morgan fingerprint density at radius 2 is 1.63 bits per heavy atom. The minimum atomic E-state index is -0.966. The van der Waals surface area contributed by atoms with E-state index >= 15 is 0 Å². The number of hydrogen-bond acceptors (Lipinski definition) is 3. The van der Waals surface area contributed by atoms with Gasteiger partial charge in [0.25, 0.3) is 11.8 Å². The Hall–Kier alpha value is -3.79. The molecule has 1 unspecified atom stereocenters. The second-order valence-corrected chi connectivity index (χ2v) is 9.98. The number of hydrogen-bond donors (Lipinski definition) is 1. The number of rotatable bonds is 8. The molecule has 194 valence electrons. The Morgan fingerprint density at radius 1 is 1.00 bits per heavy atom. The number of carboxylic acid groups (broad SMARTS) is 1. The molecule has 0 aliphatic carbocycles. The molecule has 0 saturated carbocycles. The van der Waals surface area contributed by atoms with Gasteiger partial charge in [-0.05, 0) is 73.4 Å². The number of nitrogens with zero attached hydrogens (tertiary/aromatic N) is 2. The number of fused-ring (bicyclic) bond motifs is 1. The van der Waals surface area contributed by atoms with E-state index in [0.717, 1.165) is 5.56 Å². The summed E-state index contributed by atoms with van der Waals surface area (Å²) in [5.41, 5.74) is 2.68. The number of terminal acetylenes is 1. The van der Waals surface area contributed by atoms with Gasteiger partial charge >= 0.3 is 5.97 Å². The number of benzene rings is 3. The molecule has 2 atom stereocenters. The first-order valence-electron chi connectivity index (χ1n) is 12.2. The van der Waals surface area contributed by atoms with Crippen molar-refractivity contribution < 1.29 is 19.5 Å². The molecular weight excluding hydrogens is 523 g/mol. The number of carbonyl (C=O) groups is 3. The lowest BCUT2D eigenvalue weighted by molar-refractivity contribution is -0.137. The summed E-state index contributed by atoms with van der Waals surface area (Å²) in [5.74, 6) is 1.02. The maximum Gasteiger partial charge on any atom is 0.303 e. The normalized spacial score (nSPS) is 16.0.